The van der Waals surface area contributed by atoms with Crippen LogP contribution in [0.25, 0.3) is 0 Å². The second kappa shape index (κ2) is 29.2. The second-order valence-corrected chi connectivity index (χ2v) is 19.7. The predicted molar refractivity (Wildman–Crippen MR) is 271 cm³/mol. The van der Waals surface area contributed by atoms with Crippen molar-refractivity contribution in [2.45, 2.75) is 140 Å². The fraction of sp³-hybridized carbons (Fsp3) is 0.582. The van der Waals surface area contributed by atoms with Crippen molar-refractivity contribution >= 4 is 23.9 Å². The number of hydrogen-bond donors (Lipinski definition) is 6. The largest absolute Gasteiger partial charge is 0.497 e. The summed E-state index contributed by atoms with van der Waals surface area (Å²) in [5.41, 5.74) is 0.459. The summed E-state index contributed by atoms with van der Waals surface area (Å²) in [7, 11) is 3.07. The zero-order valence-electron chi connectivity index (χ0n) is 43.1. The van der Waals surface area contributed by atoms with Gasteiger partial charge in [-0.2, -0.15) is 13.2 Å². The maximum Gasteiger partial charge on any atom is 0.416 e. The fourth-order valence-electron chi connectivity index (χ4n) is 10.1. The van der Waals surface area contributed by atoms with Crippen LogP contribution in [0, 0.1) is 23.2 Å². The van der Waals surface area contributed by atoms with E-state index in [1.807, 2.05) is 36.4 Å². The number of alkyl halides is 3. The number of aromatic nitrogens is 2. The molecule has 19 heteroatoms. The Labute approximate surface area is 432 Å². The van der Waals surface area contributed by atoms with Crippen molar-refractivity contribution < 1.29 is 66.6 Å². The van der Waals surface area contributed by atoms with Gasteiger partial charge in [0, 0.05) is 63.1 Å². The number of halogens is 3. The maximum absolute atomic E-state index is 13.8. The van der Waals surface area contributed by atoms with Crippen molar-refractivity contribution in [3.8, 4) is 11.5 Å². The summed E-state index contributed by atoms with van der Waals surface area (Å²) >= 11 is 0. The molecule has 2 heterocycles. The Kier molecular flexibility index (Phi) is 23.3. The van der Waals surface area contributed by atoms with Crippen LogP contribution >= 0.6 is 0 Å². The Hall–Kier alpha value is -5.92. The van der Waals surface area contributed by atoms with Gasteiger partial charge in [0.25, 0.3) is 0 Å². The van der Waals surface area contributed by atoms with Crippen LogP contribution in [0.15, 0.2) is 85.4 Å². The molecule has 2 aromatic carbocycles. The number of aliphatic hydroxyl groups excluding tert-OH is 3. The number of methoxy groups -OCH3 is 2. The molecule has 0 spiro atoms. The van der Waals surface area contributed by atoms with Crippen LogP contribution in [0.5, 0.6) is 11.5 Å². The summed E-state index contributed by atoms with van der Waals surface area (Å²) in [6.45, 7) is 4.68. The Morgan fingerprint density at radius 3 is 2.35 bits per heavy atom. The van der Waals surface area contributed by atoms with E-state index in [9.17, 15) is 47.7 Å². The number of imidazole rings is 1. The lowest BCUT2D eigenvalue weighted by Gasteiger charge is -2.46. The molecule has 6 N–H and O–H groups in total. The van der Waals surface area contributed by atoms with Crippen molar-refractivity contribution in [2.75, 3.05) is 40.5 Å². The molecule has 0 bridgehead atoms. The van der Waals surface area contributed by atoms with Crippen molar-refractivity contribution in [3.63, 3.8) is 0 Å². The number of allylic oxidation sites excluding steroid dienone is 2. The number of likely N-dealkylation sites (tertiary alicyclic amines) is 1. The van der Waals surface area contributed by atoms with E-state index < -0.39 is 47.5 Å². The number of nitrogens with zero attached hydrogens (tertiary/aromatic N) is 2. The first-order chi connectivity index (χ1) is 35.4. The average Bonchev–Trinajstić information content (AvgIpc) is 4.01. The minimum atomic E-state index is -4.49. The molecule has 6 atom stereocenters. The van der Waals surface area contributed by atoms with Gasteiger partial charge in [0.1, 0.15) is 30.3 Å². The van der Waals surface area contributed by atoms with Crippen LogP contribution in [0.1, 0.15) is 108 Å². The van der Waals surface area contributed by atoms with Crippen LogP contribution in [-0.2, 0) is 42.9 Å². The number of aliphatic hydroxyl groups is 3. The number of hydrogen-bond acceptors (Lipinski definition) is 12. The number of benzene rings is 2. The Balaban J connectivity index is 0.000000276. The first-order valence-corrected chi connectivity index (χ1v) is 25.8. The van der Waals surface area contributed by atoms with Gasteiger partial charge in [-0.1, -0.05) is 61.8 Å². The lowest BCUT2D eigenvalue weighted by atomic mass is 9.63. The first-order valence-electron chi connectivity index (χ1n) is 25.8. The highest BCUT2D eigenvalue weighted by Crippen LogP contribution is 2.47. The van der Waals surface area contributed by atoms with E-state index in [1.54, 1.807) is 44.5 Å². The maximum atomic E-state index is 13.8. The number of aromatic amines is 1. The van der Waals surface area contributed by atoms with Gasteiger partial charge in [-0.3, -0.25) is 14.4 Å². The third kappa shape index (κ3) is 18.2. The lowest BCUT2D eigenvalue weighted by molar-refractivity contribution is -0.164. The Morgan fingerprint density at radius 1 is 0.973 bits per heavy atom. The molecule has 1 aromatic heterocycles. The van der Waals surface area contributed by atoms with Gasteiger partial charge >= 0.3 is 24.1 Å². The van der Waals surface area contributed by atoms with Crippen LogP contribution in [0.2, 0.25) is 0 Å². The van der Waals surface area contributed by atoms with E-state index in [0.29, 0.717) is 76.9 Å². The number of amides is 3. The van der Waals surface area contributed by atoms with E-state index in [0.717, 1.165) is 54.8 Å². The number of H-pyrrole nitrogens is 1. The number of carbonyl (C=O) groups excluding carboxylic acids is 4. The number of nitrogens with one attached hydrogen (secondary N) is 3. The van der Waals surface area contributed by atoms with Crippen molar-refractivity contribution in [1.82, 2.24) is 25.5 Å². The van der Waals surface area contributed by atoms with Gasteiger partial charge in [0.15, 0.2) is 0 Å². The molecule has 3 fully saturated rings. The van der Waals surface area contributed by atoms with Crippen LogP contribution in [0.4, 0.5) is 18.0 Å². The number of unbranched alkanes of at least 4 members (excludes halogenated alkanes) is 1. The summed E-state index contributed by atoms with van der Waals surface area (Å²) in [4.78, 5) is 59.9. The molecule has 1 saturated heterocycles. The summed E-state index contributed by atoms with van der Waals surface area (Å²) in [5, 5.41) is 36.6. The number of esters is 2. The van der Waals surface area contributed by atoms with E-state index >= 15 is 0 Å². The van der Waals surface area contributed by atoms with Crippen LogP contribution in [0.3, 0.4) is 0 Å². The number of carbonyl (C=O) groups is 4. The Morgan fingerprint density at radius 2 is 1.70 bits per heavy atom. The first kappa shape index (κ1) is 59.0. The van der Waals surface area contributed by atoms with Crippen LogP contribution < -0.4 is 20.1 Å². The standard InChI is InChI=1S/C29H41N5O5.C26H35F3O6/c1-38-24-10-8-21(9-11-24)18-25(33-28(37)31-15-12-23-19-30-20-32-23)26(35)34-16-13-29(14-17-34,27(36)39-2)22-6-4-3-5-7-22;1-17(2)35-25(33)11-6-4-3-5-10-21-22(24(32)15-23(21)31)13-12-19(30)16-34-20-9-7-8-18(14-20)26(27,28)29/h8-11,19-20,22,25H,3-7,12-18H2,1-2H3,(H,30,32)(H2,31,33,37);3,5,7-9,12-14,17,19,21-24,30-32H,4,6,10-11,15-16H2,1-2H3/b;5-3-,13-12+/t;19-,21-,22-,23+,24-/m.1/s1. The minimum absolute atomic E-state index is 0.0101. The highest BCUT2D eigenvalue weighted by Gasteiger charge is 2.49. The van der Waals surface area contributed by atoms with Gasteiger partial charge in [-0.15, -0.1) is 0 Å². The molecular weight excluding hydrogens is 964 g/mol. The highest BCUT2D eigenvalue weighted by atomic mass is 19.4. The zero-order chi connectivity index (χ0) is 53.7. The SMILES string of the molecule is CC(C)OC(=O)CCC/C=C\C[C@@H]1[C@@H](/C=C/[C@@H](O)COc2cccc(C(F)(F)F)c2)[C@H](O)C[C@@H]1O.COC(=O)C1(C2CCCCC2)CCN(C(=O)C(Cc2ccc(OC)cc2)NC(=O)NCCc2cnc[nH]2)CC1. The molecule has 1 aliphatic heterocycles. The molecule has 3 aliphatic rings. The van der Waals surface area contributed by atoms with Gasteiger partial charge < -0.3 is 54.8 Å². The van der Waals surface area contributed by atoms with Gasteiger partial charge in [0.2, 0.25) is 5.91 Å². The second-order valence-electron chi connectivity index (χ2n) is 19.7. The van der Waals surface area contributed by atoms with Gasteiger partial charge in [-0.05, 0) is 107 Å². The molecular formula is C55H76F3N5O11. The fourth-order valence-corrected chi connectivity index (χ4v) is 10.1. The molecule has 16 nitrogen and oxygen atoms in total. The smallest absolute Gasteiger partial charge is 0.416 e. The zero-order valence-corrected chi connectivity index (χ0v) is 43.1. The third-order valence-corrected chi connectivity index (χ3v) is 14.1. The van der Waals surface area contributed by atoms with Crippen molar-refractivity contribution in [3.05, 3.63) is 102 Å². The van der Waals surface area contributed by atoms with E-state index in [4.69, 9.17) is 18.9 Å². The number of urea groups is 1. The number of rotatable bonds is 22. The highest BCUT2D eigenvalue weighted by molar-refractivity contribution is 5.88. The van der Waals surface area contributed by atoms with Crippen molar-refractivity contribution in [2.24, 2.45) is 23.2 Å². The monoisotopic (exact) mass is 1040 g/mol. The Bertz CT molecular complexity index is 2240. The number of ether oxygens (including phenoxy) is 4. The van der Waals surface area contributed by atoms with Crippen molar-refractivity contribution in [1.29, 1.82) is 0 Å². The summed E-state index contributed by atoms with van der Waals surface area (Å²) < 4.78 is 59.3. The molecule has 2 saturated carbocycles. The van der Waals surface area contributed by atoms with E-state index in [2.05, 4.69) is 20.6 Å². The van der Waals surface area contributed by atoms with Gasteiger partial charge in [0.05, 0.1) is 49.8 Å². The molecule has 408 valence electrons. The summed E-state index contributed by atoms with van der Waals surface area (Å²) in [6.07, 6.45) is 13.1. The lowest BCUT2D eigenvalue weighted by Crippen LogP contribution is -2.56. The van der Waals surface area contributed by atoms with E-state index in [1.165, 1.54) is 31.7 Å². The molecule has 0 radical (unpaired) electrons. The molecule has 3 amide bonds. The minimum Gasteiger partial charge on any atom is -0.497 e. The predicted octanol–water partition coefficient (Wildman–Crippen LogP) is 7.66. The van der Waals surface area contributed by atoms with E-state index in [-0.39, 0.29) is 54.6 Å². The molecule has 1 unspecified atom stereocenters. The quantitative estimate of drug-likeness (QED) is 0.0325. The summed E-state index contributed by atoms with van der Waals surface area (Å²) in [6, 6.07) is 10.7. The van der Waals surface area contributed by atoms with Gasteiger partial charge in [-0.25, -0.2) is 9.78 Å². The molecule has 3 aromatic rings. The number of piperidine rings is 1. The molecule has 6 rings (SSSR count). The topological polar surface area (TPSA) is 222 Å². The van der Waals surface area contributed by atoms with Crippen LogP contribution in [-0.4, -0.2) is 125 Å². The molecule has 74 heavy (non-hydrogen) atoms. The average molecular weight is 1040 g/mol. The summed E-state index contributed by atoms with van der Waals surface area (Å²) in [5.74, 6) is -0.150. The normalized spacial score (nSPS) is 20.9. The molecule has 2 aliphatic carbocycles. The third-order valence-electron chi connectivity index (χ3n) is 14.1.